The molecular weight excluding hydrogens is 364 g/mol. The van der Waals surface area contributed by atoms with Crippen LogP contribution in [0.2, 0.25) is 0 Å². The van der Waals surface area contributed by atoms with Gasteiger partial charge in [-0.2, -0.15) is 0 Å². The van der Waals surface area contributed by atoms with Crippen molar-refractivity contribution in [3.8, 4) is 0 Å². The minimum atomic E-state index is -0.969. The van der Waals surface area contributed by atoms with E-state index in [0.717, 1.165) is 19.3 Å². The van der Waals surface area contributed by atoms with Gasteiger partial charge in [0.1, 0.15) is 0 Å². The van der Waals surface area contributed by atoms with Crippen molar-refractivity contribution >= 4 is 24.0 Å². The number of nitrogens with zero attached hydrogens (tertiary/aromatic N) is 2. The SMILES string of the molecule is CC1(C)CC(NC(=O)NCCN2CC(C(=O)O)CC2=O)CC(C)(CN=C=O)C1. The third kappa shape index (κ3) is 6.05. The van der Waals surface area contributed by atoms with Crippen molar-refractivity contribution in [2.45, 2.75) is 52.5 Å². The molecular formula is C19H30N4O5. The van der Waals surface area contributed by atoms with Crippen molar-refractivity contribution in [2.75, 3.05) is 26.2 Å². The molecule has 0 bridgehead atoms. The van der Waals surface area contributed by atoms with Gasteiger partial charge in [0.25, 0.3) is 0 Å². The molecule has 0 aromatic heterocycles. The third-order valence-electron chi connectivity index (χ3n) is 5.54. The van der Waals surface area contributed by atoms with Crippen LogP contribution in [0.15, 0.2) is 4.99 Å². The number of aliphatic carboxylic acids is 1. The van der Waals surface area contributed by atoms with E-state index in [1.54, 1.807) is 6.08 Å². The molecule has 0 aromatic rings. The van der Waals surface area contributed by atoms with Gasteiger partial charge in [0.15, 0.2) is 0 Å². The van der Waals surface area contributed by atoms with E-state index in [9.17, 15) is 19.2 Å². The Morgan fingerprint density at radius 3 is 2.64 bits per heavy atom. The van der Waals surface area contributed by atoms with E-state index in [2.05, 4.69) is 36.4 Å². The first-order chi connectivity index (χ1) is 13.0. The largest absolute Gasteiger partial charge is 0.481 e. The van der Waals surface area contributed by atoms with Gasteiger partial charge in [-0.25, -0.2) is 14.6 Å². The highest BCUT2D eigenvalue weighted by atomic mass is 16.4. The molecule has 3 N–H and O–H groups in total. The summed E-state index contributed by atoms with van der Waals surface area (Å²) in [5, 5.41) is 14.7. The fourth-order valence-electron chi connectivity index (χ4n) is 4.77. The van der Waals surface area contributed by atoms with Gasteiger partial charge in [0, 0.05) is 32.1 Å². The van der Waals surface area contributed by atoms with Crippen LogP contribution in [0.5, 0.6) is 0 Å². The number of likely N-dealkylation sites (tertiary alicyclic amines) is 1. The van der Waals surface area contributed by atoms with Gasteiger partial charge in [0.05, 0.1) is 12.5 Å². The van der Waals surface area contributed by atoms with Crippen LogP contribution in [0.1, 0.15) is 46.5 Å². The van der Waals surface area contributed by atoms with E-state index >= 15 is 0 Å². The maximum atomic E-state index is 12.3. The smallest absolute Gasteiger partial charge is 0.315 e. The molecule has 1 heterocycles. The van der Waals surface area contributed by atoms with E-state index in [1.165, 1.54) is 4.90 Å². The number of isocyanates is 1. The highest BCUT2D eigenvalue weighted by molar-refractivity contribution is 5.86. The van der Waals surface area contributed by atoms with Crippen LogP contribution in [0.3, 0.4) is 0 Å². The summed E-state index contributed by atoms with van der Waals surface area (Å²) in [4.78, 5) is 50.8. The number of amides is 3. The highest BCUT2D eigenvalue weighted by Crippen LogP contribution is 2.46. The van der Waals surface area contributed by atoms with Gasteiger partial charge in [-0.3, -0.25) is 9.59 Å². The molecule has 9 nitrogen and oxygen atoms in total. The zero-order chi connectivity index (χ0) is 20.9. The molecule has 0 radical (unpaired) electrons. The zero-order valence-corrected chi connectivity index (χ0v) is 16.8. The second-order valence-electron chi connectivity index (χ2n) is 9.14. The number of carbonyl (C=O) groups is 3. The van der Waals surface area contributed by atoms with Gasteiger partial charge < -0.3 is 20.6 Å². The number of urea groups is 1. The lowest BCUT2D eigenvalue weighted by atomic mass is 9.62. The Hall–Kier alpha value is -2.41. The Labute approximate surface area is 164 Å². The lowest BCUT2D eigenvalue weighted by Gasteiger charge is -2.46. The van der Waals surface area contributed by atoms with Crippen molar-refractivity contribution in [1.82, 2.24) is 15.5 Å². The number of aliphatic imine (C=N–C) groups is 1. The van der Waals surface area contributed by atoms with Crippen LogP contribution in [-0.2, 0) is 14.4 Å². The third-order valence-corrected chi connectivity index (χ3v) is 5.54. The Kier molecular flexibility index (Phi) is 6.82. The minimum absolute atomic E-state index is 0.0111. The lowest BCUT2D eigenvalue weighted by molar-refractivity contribution is -0.141. The van der Waals surface area contributed by atoms with E-state index < -0.39 is 11.9 Å². The number of rotatable bonds is 7. The second kappa shape index (κ2) is 8.73. The summed E-state index contributed by atoms with van der Waals surface area (Å²) in [6.45, 7) is 7.47. The average Bonchev–Trinajstić information content (AvgIpc) is 2.92. The number of nitrogens with one attached hydrogen (secondary N) is 2. The Balaban J connectivity index is 1.81. The van der Waals surface area contributed by atoms with E-state index in [-0.39, 0.29) is 54.9 Å². The summed E-state index contributed by atoms with van der Waals surface area (Å²) < 4.78 is 0. The van der Waals surface area contributed by atoms with Crippen LogP contribution in [0.4, 0.5) is 4.79 Å². The van der Waals surface area contributed by atoms with Gasteiger partial charge in [-0.15, -0.1) is 0 Å². The van der Waals surface area contributed by atoms with Gasteiger partial charge >= 0.3 is 12.0 Å². The molecule has 1 aliphatic heterocycles. The predicted octanol–water partition coefficient (Wildman–Crippen LogP) is 1.14. The number of carbonyl (C=O) groups excluding carboxylic acids is 3. The zero-order valence-electron chi connectivity index (χ0n) is 16.8. The fraction of sp³-hybridized carbons (Fsp3) is 0.789. The molecule has 1 aliphatic carbocycles. The molecule has 3 atom stereocenters. The van der Waals surface area contributed by atoms with E-state index in [4.69, 9.17) is 5.11 Å². The standard InChI is InChI=1S/C19H30N4O5/c1-18(2)7-14(8-19(3,10-18)11-20-12-24)22-17(28)21-4-5-23-9-13(16(26)27)6-15(23)25/h13-14H,4-11H2,1-3H3,(H,26,27)(H2,21,22,28). The summed E-state index contributed by atoms with van der Waals surface area (Å²) in [5.74, 6) is -1.84. The number of carboxylic acid groups (broad SMARTS) is 1. The lowest BCUT2D eigenvalue weighted by Crippen LogP contribution is -2.51. The van der Waals surface area contributed by atoms with Crippen molar-refractivity contribution in [1.29, 1.82) is 0 Å². The molecule has 2 fully saturated rings. The maximum absolute atomic E-state index is 12.3. The summed E-state index contributed by atoms with van der Waals surface area (Å²) in [6, 6.07) is -0.356. The van der Waals surface area contributed by atoms with Gasteiger partial charge in [0.2, 0.25) is 12.0 Å². The summed E-state index contributed by atoms with van der Waals surface area (Å²) >= 11 is 0. The molecule has 156 valence electrons. The summed E-state index contributed by atoms with van der Waals surface area (Å²) in [6.07, 6.45) is 4.07. The second-order valence-corrected chi connectivity index (χ2v) is 9.14. The maximum Gasteiger partial charge on any atom is 0.315 e. The van der Waals surface area contributed by atoms with Crippen molar-refractivity contribution in [2.24, 2.45) is 21.7 Å². The Bertz CT molecular complexity index is 673. The molecule has 2 rings (SSSR count). The molecule has 9 heteroatoms. The van der Waals surface area contributed by atoms with Crippen LogP contribution >= 0.6 is 0 Å². The Morgan fingerprint density at radius 2 is 2.04 bits per heavy atom. The molecule has 1 saturated carbocycles. The molecule has 3 unspecified atom stereocenters. The van der Waals surface area contributed by atoms with E-state index in [1.807, 2.05) is 0 Å². The van der Waals surface area contributed by atoms with Crippen molar-refractivity contribution < 1.29 is 24.3 Å². The Morgan fingerprint density at radius 1 is 1.32 bits per heavy atom. The predicted molar refractivity (Wildman–Crippen MR) is 101 cm³/mol. The molecule has 28 heavy (non-hydrogen) atoms. The van der Waals surface area contributed by atoms with Crippen molar-refractivity contribution in [3.63, 3.8) is 0 Å². The number of carboxylic acids is 1. The first-order valence-corrected chi connectivity index (χ1v) is 9.62. The molecule has 3 amide bonds. The summed E-state index contributed by atoms with van der Waals surface area (Å²) in [5.41, 5.74) is -0.165. The van der Waals surface area contributed by atoms with Gasteiger partial charge in [-0.1, -0.05) is 20.8 Å². The van der Waals surface area contributed by atoms with E-state index in [0.29, 0.717) is 6.54 Å². The van der Waals surface area contributed by atoms with Gasteiger partial charge in [-0.05, 0) is 30.1 Å². The quantitative estimate of drug-likeness (QED) is 0.441. The van der Waals surface area contributed by atoms with Crippen LogP contribution in [-0.4, -0.2) is 66.2 Å². The number of hydrogen-bond donors (Lipinski definition) is 3. The topological polar surface area (TPSA) is 128 Å². The first kappa shape index (κ1) is 21.9. The molecule has 2 aliphatic rings. The molecule has 1 saturated heterocycles. The normalized spacial score (nSPS) is 29.1. The molecule has 0 aromatic carbocycles. The highest BCUT2D eigenvalue weighted by Gasteiger charge is 2.41. The van der Waals surface area contributed by atoms with Crippen LogP contribution in [0.25, 0.3) is 0 Å². The van der Waals surface area contributed by atoms with Crippen LogP contribution < -0.4 is 10.6 Å². The molecule has 0 spiro atoms. The minimum Gasteiger partial charge on any atom is -0.481 e. The van der Waals surface area contributed by atoms with Crippen molar-refractivity contribution in [3.05, 3.63) is 0 Å². The fourth-order valence-corrected chi connectivity index (χ4v) is 4.77. The van der Waals surface area contributed by atoms with Crippen LogP contribution in [0, 0.1) is 16.7 Å². The average molecular weight is 394 g/mol. The number of hydrogen-bond acceptors (Lipinski definition) is 5. The summed E-state index contributed by atoms with van der Waals surface area (Å²) in [7, 11) is 0. The first-order valence-electron chi connectivity index (χ1n) is 9.62. The monoisotopic (exact) mass is 394 g/mol.